The van der Waals surface area contributed by atoms with E-state index in [9.17, 15) is 8.42 Å². The Kier molecular flexibility index (Phi) is 3.84. The number of hydrogen-bond donors (Lipinski definition) is 2. The van der Waals surface area contributed by atoms with E-state index in [1.165, 1.54) is 12.3 Å². The van der Waals surface area contributed by atoms with Gasteiger partial charge in [-0.25, -0.2) is 19.2 Å². The Balaban J connectivity index is 2.27. The predicted octanol–water partition coefficient (Wildman–Crippen LogP) is 0.930. The zero-order valence-corrected chi connectivity index (χ0v) is 11.2. The molecule has 1 aliphatic carbocycles. The summed E-state index contributed by atoms with van der Waals surface area (Å²) in [4.78, 5) is 4.17. The smallest absolute Gasteiger partial charge is 0.244 e. The van der Waals surface area contributed by atoms with Gasteiger partial charge < -0.3 is 5.43 Å². The number of nitrogens with one attached hydrogen (secondary N) is 1. The van der Waals surface area contributed by atoms with Gasteiger partial charge in [0, 0.05) is 18.8 Å². The van der Waals surface area contributed by atoms with E-state index in [0.29, 0.717) is 12.4 Å². The predicted molar refractivity (Wildman–Crippen MR) is 69.3 cm³/mol. The van der Waals surface area contributed by atoms with E-state index in [-0.39, 0.29) is 10.9 Å². The molecule has 0 spiro atoms. The van der Waals surface area contributed by atoms with E-state index >= 15 is 0 Å². The van der Waals surface area contributed by atoms with Crippen LogP contribution in [0, 0.1) is 0 Å². The molecule has 0 radical (unpaired) electrons. The van der Waals surface area contributed by atoms with Crippen molar-refractivity contribution in [2.75, 3.05) is 12.0 Å². The topological polar surface area (TPSA) is 88.3 Å². The molecule has 0 aromatic carbocycles. The van der Waals surface area contributed by atoms with Gasteiger partial charge in [-0.15, -0.1) is 0 Å². The number of hydrazine groups is 1. The average Bonchev–Trinajstić information content (AvgIpc) is 3.20. The molecule has 0 aliphatic heterocycles. The molecule has 0 bridgehead atoms. The molecule has 0 amide bonds. The van der Waals surface area contributed by atoms with Crippen molar-refractivity contribution in [2.45, 2.75) is 37.1 Å². The minimum absolute atomic E-state index is 0.169. The minimum atomic E-state index is -3.42. The van der Waals surface area contributed by atoms with Crippen LogP contribution >= 0.6 is 0 Å². The molecular formula is C11H18N4O2S. The molecule has 1 aromatic rings. The van der Waals surface area contributed by atoms with Gasteiger partial charge in [0.25, 0.3) is 0 Å². The first-order chi connectivity index (χ1) is 8.59. The van der Waals surface area contributed by atoms with E-state index in [4.69, 9.17) is 5.84 Å². The summed E-state index contributed by atoms with van der Waals surface area (Å²) in [6.07, 6.45) is 4.06. The lowest BCUT2D eigenvalue weighted by atomic mass is 10.5. The quantitative estimate of drug-likeness (QED) is 0.593. The number of sulfonamides is 1. The summed E-state index contributed by atoms with van der Waals surface area (Å²) in [7, 11) is -3.42. The Labute approximate surface area is 107 Å². The number of nitrogen functional groups attached to an aromatic ring is 1. The highest BCUT2D eigenvalue weighted by molar-refractivity contribution is 7.89. The standard InChI is InChI=1S/C11H18N4O2S/c1-2-7-15(9-3-4-9)18(16,17)10-5-6-11(14-12)13-8-10/h5-6,8-9H,2-4,7,12H2,1H3,(H,13,14). The van der Waals surface area contributed by atoms with E-state index < -0.39 is 10.0 Å². The lowest BCUT2D eigenvalue weighted by Crippen LogP contribution is -2.33. The largest absolute Gasteiger partial charge is 0.308 e. The first kappa shape index (κ1) is 13.3. The number of nitrogens with zero attached hydrogens (tertiary/aromatic N) is 2. The second kappa shape index (κ2) is 5.21. The second-order valence-corrected chi connectivity index (χ2v) is 6.26. The van der Waals surface area contributed by atoms with Crippen molar-refractivity contribution in [3.05, 3.63) is 18.3 Å². The zero-order chi connectivity index (χ0) is 13.2. The van der Waals surface area contributed by atoms with Crippen LogP contribution in [0.3, 0.4) is 0 Å². The third-order valence-corrected chi connectivity index (χ3v) is 4.82. The number of aromatic nitrogens is 1. The number of hydrogen-bond acceptors (Lipinski definition) is 5. The van der Waals surface area contributed by atoms with E-state index in [0.717, 1.165) is 19.3 Å². The van der Waals surface area contributed by atoms with Crippen molar-refractivity contribution in [2.24, 2.45) is 5.84 Å². The second-order valence-electron chi connectivity index (χ2n) is 4.37. The lowest BCUT2D eigenvalue weighted by molar-refractivity contribution is 0.403. The van der Waals surface area contributed by atoms with Crippen LogP contribution in [0.25, 0.3) is 0 Å². The van der Waals surface area contributed by atoms with E-state index in [1.54, 1.807) is 10.4 Å². The molecule has 2 rings (SSSR count). The van der Waals surface area contributed by atoms with Crippen molar-refractivity contribution < 1.29 is 8.42 Å². The molecule has 1 fully saturated rings. The third kappa shape index (κ3) is 2.63. The average molecular weight is 270 g/mol. The fourth-order valence-corrected chi connectivity index (χ4v) is 3.56. The van der Waals surface area contributed by atoms with Gasteiger partial charge in [-0.05, 0) is 31.4 Å². The highest BCUT2D eigenvalue weighted by atomic mass is 32.2. The van der Waals surface area contributed by atoms with Crippen LogP contribution in [0.15, 0.2) is 23.2 Å². The summed E-state index contributed by atoms with van der Waals surface area (Å²) in [5.41, 5.74) is 2.38. The number of pyridine rings is 1. The van der Waals surface area contributed by atoms with Gasteiger partial charge in [0.2, 0.25) is 10.0 Å². The molecule has 7 heteroatoms. The van der Waals surface area contributed by atoms with Crippen LogP contribution in [0.4, 0.5) is 5.82 Å². The lowest BCUT2D eigenvalue weighted by Gasteiger charge is -2.21. The highest BCUT2D eigenvalue weighted by Crippen LogP contribution is 2.32. The molecule has 1 aromatic heterocycles. The van der Waals surface area contributed by atoms with Crippen molar-refractivity contribution in [1.29, 1.82) is 0 Å². The van der Waals surface area contributed by atoms with Crippen molar-refractivity contribution in [3.63, 3.8) is 0 Å². The number of rotatable bonds is 6. The van der Waals surface area contributed by atoms with Gasteiger partial charge in [0.1, 0.15) is 10.7 Å². The SMILES string of the molecule is CCCN(C1CC1)S(=O)(=O)c1ccc(NN)nc1. The maximum atomic E-state index is 12.4. The van der Waals surface area contributed by atoms with Crippen LogP contribution in [0.2, 0.25) is 0 Å². The summed E-state index contributed by atoms with van der Waals surface area (Å²) >= 11 is 0. The van der Waals surface area contributed by atoms with Gasteiger partial charge in [0.15, 0.2) is 0 Å². The van der Waals surface area contributed by atoms with Crippen LogP contribution in [-0.2, 0) is 10.0 Å². The maximum absolute atomic E-state index is 12.4. The molecule has 0 atom stereocenters. The molecule has 1 saturated carbocycles. The molecule has 0 saturated heterocycles. The van der Waals surface area contributed by atoms with Crippen LogP contribution in [0.1, 0.15) is 26.2 Å². The van der Waals surface area contributed by atoms with Crippen molar-refractivity contribution in [1.82, 2.24) is 9.29 Å². The molecule has 100 valence electrons. The van der Waals surface area contributed by atoms with Crippen molar-refractivity contribution >= 4 is 15.8 Å². The monoisotopic (exact) mass is 270 g/mol. The summed E-state index contributed by atoms with van der Waals surface area (Å²) in [6.45, 7) is 2.54. The van der Waals surface area contributed by atoms with Gasteiger partial charge in [-0.2, -0.15) is 4.31 Å². The molecular weight excluding hydrogens is 252 g/mol. The maximum Gasteiger partial charge on any atom is 0.244 e. The van der Waals surface area contributed by atoms with Crippen LogP contribution < -0.4 is 11.3 Å². The van der Waals surface area contributed by atoms with Gasteiger partial charge in [-0.3, -0.25) is 0 Å². The van der Waals surface area contributed by atoms with Gasteiger partial charge in [0.05, 0.1) is 0 Å². The Morgan fingerprint density at radius 3 is 2.67 bits per heavy atom. The Bertz CT molecular complexity index is 496. The fraction of sp³-hybridized carbons (Fsp3) is 0.545. The first-order valence-corrected chi connectivity index (χ1v) is 7.48. The van der Waals surface area contributed by atoms with Crippen LogP contribution in [-0.4, -0.2) is 30.3 Å². The van der Waals surface area contributed by atoms with E-state index in [1.807, 2.05) is 6.92 Å². The number of nitrogens with two attached hydrogens (primary N) is 1. The van der Waals surface area contributed by atoms with Crippen LogP contribution in [0.5, 0.6) is 0 Å². The summed E-state index contributed by atoms with van der Waals surface area (Å²) < 4.78 is 26.5. The van der Waals surface area contributed by atoms with Gasteiger partial charge in [-0.1, -0.05) is 6.92 Å². The van der Waals surface area contributed by atoms with Gasteiger partial charge >= 0.3 is 0 Å². The van der Waals surface area contributed by atoms with E-state index in [2.05, 4.69) is 10.4 Å². The molecule has 6 nitrogen and oxygen atoms in total. The Morgan fingerprint density at radius 1 is 1.50 bits per heavy atom. The Morgan fingerprint density at radius 2 is 2.22 bits per heavy atom. The zero-order valence-electron chi connectivity index (χ0n) is 10.3. The highest BCUT2D eigenvalue weighted by Gasteiger charge is 2.37. The third-order valence-electron chi connectivity index (χ3n) is 2.89. The molecule has 1 aliphatic rings. The normalized spacial score (nSPS) is 15.9. The Hall–Kier alpha value is -1.18. The molecule has 18 heavy (non-hydrogen) atoms. The van der Waals surface area contributed by atoms with Crippen molar-refractivity contribution in [3.8, 4) is 0 Å². The first-order valence-electron chi connectivity index (χ1n) is 6.04. The molecule has 0 unspecified atom stereocenters. The number of anilines is 1. The fourth-order valence-electron chi connectivity index (χ4n) is 1.84. The molecule has 1 heterocycles. The molecule has 3 N–H and O–H groups in total. The summed E-state index contributed by atoms with van der Waals surface area (Å²) in [6, 6.07) is 3.26. The minimum Gasteiger partial charge on any atom is -0.308 e. The summed E-state index contributed by atoms with van der Waals surface area (Å²) in [5.74, 6) is 5.65. The summed E-state index contributed by atoms with van der Waals surface area (Å²) in [5, 5.41) is 0.